The quantitative estimate of drug-likeness (QED) is 0.845. The van der Waals surface area contributed by atoms with E-state index in [-0.39, 0.29) is 5.91 Å². The van der Waals surface area contributed by atoms with Gasteiger partial charge in [0, 0.05) is 43.9 Å². The normalized spacial score (nSPS) is 18.1. The van der Waals surface area contributed by atoms with Crippen LogP contribution >= 0.6 is 0 Å². The monoisotopic (exact) mass is 330 g/mol. The van der Waals surface area contributed by atoms with Crippen molar-refractivity contribution in [2.24, 2.45) is 0 Å². The van der Waals surface area contributed by atoms with E-state index in [4.69, 9.17) is 4.52 Å². The lowest BCUT2D eigenvalue weighted by Gasteiger charge is -2.34. The molecule has 24 heavy (non-hydrogen) atoms. The van der Waals surface area contributed by atoms with E-state index in [1.807, 2.05) is 31.1 Å². The average molecular weight is 330 g/mol. The van der Waals surface area contributed by atoms with Crippen molar-refractivity contribution < 1.29 is 9.32 Å². The summed E-state index contributed by atoms with van der Waals surface area (Å²) in [6.45, 7) is 7.59. The van der Waals surface area contributed by atoms with E-state index >= 15 is 0 Å². The summed E-state index contributed by atoms with van der Waals surface area (Å²) in [5, 5.41) is 3.96. The van der Waals surface area contributed by atoms with Crippen LogP contribution in [0.5, 0.6) is 0 Å². The first-order chi connectivity index (χ1) is 11.6. The highest BCUT2D eigenvalue weighted by atomic mass is 16.5. The van der Waals surface area contributed by atoms with Crippen LogP contribution in [0.4, 0.5) is 0 Å². The molecule has 2 aromatic heterocycles. The Morgan fingerprint density at radius 3 is 2.96 bits per heavy atom. The predicted molar refractivity (Wildman–Crippen MR) is 90.8 cm³/mol. The standard InChI is InChI=1S/C18H26N4O2/c1-4-17-19-9-11-22(17)15-6-5-10-21(12-15)18(23)8-7-16-13(2)20-24-14(16)3/h9,11,15H,4-8,10,12H2,1-3H3/t15-/m1/s1. The van der Waals surface area contributed by atoms with Crippen molar-refractivity contribution in [3.63, 3.8) is 0 Å². The molecule has 130 valence electrons. The van der Waals surface area contributed by atoms with Crippen LogP contribution in [0.3, 0.4) is 0 Å². The molecule has 0 spiro atoms. The largest absolute Gasteiger partial charge is 0.361 e. The second kappa shape index (κ2) is 7.20. The molecule has 0 bridgehead atoms. The van der Waals surface area contributed by atoms with Gasteiger partial charge in [0.1, 0.15) is 11.6 Å². The van der Waals surface area contributed by atoms with Gasteiger partial charge < -0.3 is 14.0 Å². The number of hydrogen-bond acceptors (Lipinski definition) is 4. The van der Waals surface area contributed by atoms with E-state index in [0.29, 0.717) is 18.9 Å². The maximum Gasteiger partial charge on any atom is 0.222 e. The maximum absolute atomic E-state index is 12.6. The number of aryl methyl sites for hydroxylation is 3. The lowest BCUT2D eigenvalue weighted by atomic mass is 10.0. The van der Waals surface area contributed by atoms with Crippen molar-refractivity contribution in [3.8, 4) is 0 Å². The number of imidazole rings is 1. The summed E-state index contributed by atoms with van der Waals surface area (Å²) >= 11 is 0. The lowest BCUT2D eigenvalue weighted by molar-refractivity contribution is -0.132. The highest BCUT2D eigenvalue weighted by Crippen LogP contribution is 2.24. The second-order valence-electron chi connectivity index (χ2n) is 6.54. The third-order valence-corrected chi connectivity index (χ3v) is 4.98. The molecule has 1 aliphatic rings. The molecule has 1 amide bonds. The van der Waals surface area contributed by atoms with Crippen LogP contribution in [-0.4, -0.2) is 38.6 Å². The van der Waals surface area contributed by atoms with Gasteiger partial charge >= 0.3 is 0 Å². The van der Waals surface area contributed by atoms with Gasteiger partial charge in [0.15, 0.2) is 0 Å². The molecule has 3 heterocycles. The van der Waals surface area contributed by atoms with Crippen LogP contribution in [0.15, 0.2) is 16.9 Å². The number of aromatic nitrogens is 3. The third-order valence-electron chi connectivity index (χ3n) is 4.98. The van der Waals surface area contributed by atoms with Crippen LogP contribution in [0, 0.1) is 13.8 Å². The van der Waals surface area contributed by atoms with E-state index in [0.717, 1.165) is 55.2 Å². The topological polar surface area (TPSA) is 64.2 Å². The number of rotatable bonds is 5. The molecule has 0 aliphatic carbocycles. The molecule has 0 N–H and O–H groups in total. The molecule has 1 aliphatic heterocycles. The zero-order valence-corrected chi connectivity index (χ0v) is 14.8. The summed E-state index contributed by atoms with van der Waals surface area (Å²) in [7, 11) is 0. The number of carbonyl (C=O) groups is 1. The molecule has 2 aromatic rings. The summed E-state index contributed by atoms with van der Waals surface area (Å²) < 4.78 is 7.42. The van der Waals surface area contributed by atoms with Gasteiger partial charge in [0.05, 0.1) is 11.7 Å². The zero-order valence-electron chi connectivity index (χ0n) is 14.8. The first kappa shape index (κ1) is 16.7. The fourth-order valence-corrected chi connectivity index (χ4v) is 3.61. The fraction of sp³-hybridized carbons (Fsp3) is 0.611. The molecule has 0 unspecified atom stereocenters. The molecule has 1 fully saturated rings. The average Bonchev–Trinajstić information content (AvgIpc) is 3.20. The van der Waals surface area contributed by atoms with Crippen LogP contribution in [-0.2, 0) is 17.6 Å². The Hall–Kier alpha value is -2.11. The Bertz CT molecular complexity index is 684. The van der Waals surface area contributed by atoms with E-state index < -0.39 is 0 Å². The van der Waals surface area contributed by atoms with Gasteiger partial charge in [-0.05, 0) is 33.1 Å². The maximum atomic E-state index is 12.6. The van der Waals surface area contributed by atoms with E-state index in [1.54, 1.807) is 0 Å². The van der Waals surface area contributed by atoms with E-state index in [1.165, 1.54) is 0 Å². The molecule has 0 radical (unpaired) electrons. The molecular formula is C18H26N4O2. The summed E-state index contributed by atoms with van der Waals surface area (Å²) in [4.78, 5) is 19.1. The minimum absolute atomic E-state index is 0.220. The molecule has 1 saturated heterocycles. The molecule has 6 nitrogen and oxygen atoms in total. The Kier molecular flexibility index (Phi) is 5.02. The Morgan fingerprint density at radius 1 is 1.42 bits per heavy atom. The van der Waals surface area contributed by atoms with E-state index in [2.05, 4.69) is 21.6 Å². The predicted octanol–water partition coefficient (Wildman–Crippen LogP) is 2.85. The highest BCUT2D eigenvalue weighted by molar-refractivity contribution is 5.76. The van der Waals surface area contributed by atoms with Crippen molar-refractivity contribution in [2.45, 2.75) is 58.9 Å². The highest BCUT2D eigenvalue weighted by Gasteiger charge is 2.25. The SMILES string of the molecule is CCc1nccn1[C@@H]1CCCN(C(=O)CCc2c(C)noc2C)C1. The molecule has 1 atom stereocenters. The van der Waals surface area contributed by atoms with Crippen LogP contribution in [0.1, 0.15) is 55.1 Å². The Morgan fingerprint density at radius 2 is 2.25 bits per heavy atom. The minimum Gasteiger partial charge on any atom is -0.361 e. The molecule has 3 rings (SSSR count). The van der Waals surface area contributed by atoms with Crippen molar-refractivity contribution in [2.75, 3.05) is 13.1 Å². The minimum atomic E-state index is 0.220. The number of nitrogens with zero attached hydrogens (tertiary/aromatic N) is 4. The van der Waals surface area contributed by atoms with Gasteiger partial charge in [-0.1, -0.05) is 12.1 Å². The van der Waals surface area contributed by atoms with Gasteiger partial charge in [0.2, 0.25) is 5.91 Å². The molecular weight excluding hydrogens is 304 g/mol. The third kappa shape index (κ3) is 3.37. The summed E-state index contributed by atoms with van der Waals surface area (Å²) in [5.41, 5.74) is 1.96. The first-order valence-corrected chi connectivity index (χ1v) is 8.81. The van der Waals surface area contributed by atoms with Crippen molar-refractivity contribution >= 4 is 5.91 Å². The van der Waals surface area contributed by atoms with Gasteiger partial charge in [-0.15, -0.1) is 0 Å². The second-order valence-corrected chi connectivity index (χ2v) is 6.54. The molecule has 0 saturated carbocycles. The number of carbonyl (C=O) groups excluding carboxylic acids is 1. The van der Waals surface area contributed by atoms with Gasteiger partial charge in [-0.25, -0.2) is 4.98 Å². The number of piperidine rings is 1. The summed E-state index contributed by atoms with van der Waals surface area (Å²) in [5.74, 6) is 2.14. The first-order valence-electron chi connectivity index (χ1n) is 8.81. The van der Waals surface area contributed by atoms with Crippen molar-refractivity contribution in [1.82, 2.24) is 19.6 Å². The van der Waals surface area contributed by atoms with Gasteiger partial charge in [-0.3, -0.25) is 4.79 Å². The fourth-order valence-electron chi connectivity index (χ4n) is 3.61. The van der Waals surface area contributed by atoms with Crippen molar-refractivity contribution in [3.05, 3.63) is 35.2 Å². The summed E-state index contributed by atoms with van der Waals surface area (Å²) in [6.07, 6.45) is 8.19. The van der Waals surface area contributed by atoms with Gasteiger partial charge in [-0.2, -0.15) is 0 Å². The number of amides is 1. The Labute approximate surface area is 142 Å². The van der Waals surface area contributed by atoms with E-state index in [9.17, 15) is 4.79 Å². The Balaban J connectivity index is 1.61. The zero-order chi connectivity index (χ0) is 17.1. The van der Waals surface area contributed by atoms with Crippen molar-refractivity contribution in [1.29, 1.82) is 0 Å². The lowest BCUT2D eigenvalue weighted by Crippen LogP contribution is -2.41. The molecule has 0 aromatic carbocycles. The smallest absolute Gasteiger partial charge is 0.222 e. The van der Waals surface area contributed by atoms with Crippen LogP contribution in [0.25, 0.3) is 0 Å². The number of likely N-dealkylation sites (tertiary alicyclic amines) is 1. The van der Waals surface area contributed by atoms with Gasteiger partial charge in [0.25, 0.3) is 0 Å². The van der Waals surface area contributed by atoms with Crippen LogP contribution < -0.4 is 0 Å². The van der Waals surface area contributed by atoms with Crippen LogP contribution in [0.2, 0.25) is 0 Å². The molecule has 6 heteroatoms. The summed E-state index contributed by atoms with van der Waals surface area (Å²) in [6, 6.07) is 0.346. The number of hydrogen-bond donors (Lipinski definition) is 0.